The van der Waals surface area contributed by atoms with Gasteiger partial charge < -0.3 is 20.3 Å². The summed E-state index contributed by atoms with van der Waals surface area (Å²) in [6, 6.07) is 0. The van der Waals surface area contributed by atoms with Crippen LogP contribution in [0.25, 0.3) is 0 Å². The second-order valence-corrected chi connectivity index (χ2v) is 4.40. The number of amides is 2. The SMILES string of the molecule is CN(C)CCNC(=O)C(=O)NC[C@H]1CCCO1. The van der Waals surface area contributed by atoms with Crippen LogP contribution in [0, 0.1) is 0 Å². The van der Waals surface area contributed by atoms with Gasteiger partial charge in [0, 0.05) is 26.2 Å². The number of likely N-dealkylation sites (N-methyl/N-ethyl adjacent to an activating group) is 1. The van der Waals surface area contributed by atoms with Gasteiger partial charge in [0.2, 0.25) is 0 Å². The van der Waals surface area contributed by atoms with E-state index in [1.165, 1.54) is 0 Å². The molecule has 0 aromatic heterocycles. The molecule has 6 heteroatoms. The van der Waals surface area contributed by atoms with Crippen molar-refractivity contribution in [1.82, 2.24) is 15.5 Å². The van der Waals surface area contributed by atoms with Crippen molar-refractivity contribution in [3.8, 4) is 0 Å². The van der Waals surface area contributed by atoms with Crippen molar-refractivity contribution < 1.29 is 14.3 Å². The highest BCUT2D eigenvalue weighted by Crippen LogP contribution is 2.10. The molecule has 1 atom stereocenters. The molecule has 0 saturated carbocycles. The third kappa shape index (κ3) is 5.65. The van der Waals surface area contributed by atoms with Crippen LogP contribution in [0.1, 0.15) is 12.8 Å². The minimum absolute atomic E-state index is 0.0634. The van der Waals surface area contributed by atoms with Crippen molar-refractivity contribution in [3.63, 3.8) is 0 Å². The van der Waals surface area contributed by atoms with Crippen LogP contribution in [-0.2, 0) is 14.3 Å². The molecule has 0 unspecified atom stereocenters. The fourth-order valence-corrected chi connectivity index (χ4v) is 1.57. The van der Waals surface area contributed by atoms with Crippen LogP contribution < -0.4 is 10.6 Å². The summed E-state index contributed by atoms with van der Waals surface area (Å²) in [7, 11) is 3.81. The normalized spacial score (nSPS) is 19.4. The minimum atomic E-state index is -0.584. The fraction of sp³-hybridized carbons (Fsp3) is 0.818. The summed E-state index contributed by atoms with van der Waals surface area (Å²) < 4.78 is 5.34. The number of rotatable bonds is 5. The lowest BCUT2D eigenvalue weighted by Crippen LogP contribution is -2.44. The predicted octanol–water partition coefficient (Wildman–Crippen LogP) is -1.04. The summed E-state index contributed by atoms with van der Waals surface area (Å²) in [5.41, 5.74) is 0. The van der Waals surface area contributed by atoms with Gasteiger partial charge in [-0.25, -0.2) is 0 Å². The van der Waals surface area contributed by atoms with Gasteiger partial charge in [0.1, 0.15) is 0 Å². The predicted molar refractivity (Wildman–Crippen MR) is 63.5 cm³/mol. The Kier molecular flexibility index (Phi) is 5.93. The molecule has 0 spiro atoms. The Bertz CT molecular complexity index is 263. The quantitative estimate of drug-likeness (QED) is 0.605. The Morgan fingerprint density at radius 2 is 2.00 bits per heavy atom. The average molecular weight is 243 g/mol. The van der Waals surface area contributed by atoms with Gasteiger partial charge in [-0.05, 0) is 26.9 Å². The van der Waals surface area contributed by atoms with Crippen molar-refractivity contribution in [2.75, 3.05) is 40.3 Å². The molecule has 1 rings (SSSR count). The summed E-state index contributed by atoms with van der Waals surface area (Å²) >= 11 is 0. The zero-order valence-electron chi connectivity index (χ0n) is 10.5. The van der Waals surface area contributed by atoms with Gasteiger partial charge in [0.25, 0.3) is 0 Å². The Balaban J connectivity index is 2.11. The number of hydrogen-bond acceptors (Lipinski definition) is 4. The summed E-state index contributed by atoms with van der Waals surface area (Å²) in [4.78, 5) is 24.7. The molecule has 1 aliphatic rings. The van der Waals surface area contributed by atoms with Gasteiger partial charge >= 0.3 is 11.8 Å². The van der Waals surface area contributed by atoms with Crippen LogP contribution in [0.5, 0.6) is 0 Å². The summed E-state index contributed by atoms with van der Waals surface area (Å²) in [5, 5.41) is 5.13. The maximum atomic E-state index is 11.4. The van der Waals surface area contributed by atoms with Crippen molar-refractivity contribution in [2.45, 2.75) is 18.9 Å². The molecule has 0 bridgehead atoms. The van der Waals surface area contributed by atoms with Crippen LogP contribution in [0.4, 0.5) is 0 Å². The van der Waals surface area contributed by atoms with Crippen LogP contribution in [-0.4, -0.2) is 63.2 Å². The third-order valence-electron chi connectivity index (χ3n) is 2.57. The molecular formula is C11H21N3O3. The first kappa shape index (κ1) is 13.9. The molecule has 1 aliphatic heterocycles. The lowest BCUT2D eigenvalue weighted by atomic mass is 10.2. The van der Waals surface area contributed by atoms with Crippen molar-refractivity contribution in [1.29, 1.82) is 0 Å². The van der Waals surface area contributed by atoms with E-state index >= 15 is 0 Å². The van der Waals surface area contributed by atoms with Crippen molar-refractivity contribution in [3.05, 3.63) is 0 Å². The van der Waals surface area contributed by atoms with Crippen molar-refractivity contribution in [2.24, 2.45) is 0 Å². The van der Waals surface area contributed by atoms with E-state index in [2.05, 4.69) is 10.6 Å². The van der Waals surface area contributed by atoms with Gasteiger partial charge in [-0.3, -0.25) is 9.59 Å². The smallest absolute Gasteiger partial charge is 0.309 e. The van der Waals surface area contributed by atoms with Crippen molar-refractivity contribution >= 4 is 11.8 Å². The lowest BCUT2D eigenvalue weighted by molar-refractivity contribution is -0.139. The topological polar surface area (TPSA) is 70.7 Å². The van der Waals surface area contributed by atoms with Crippen LogP contribution in [0.15, 0.2) is 0 Å². The highest BCUT2D eigenvalue weighted by Gasteiger charge is 2.18. The van der Waals surface area contributed by atoms with Crippen LogP contribution in [0.2, 0.25) is 0 Å². The first-order chi connectivity index (χ1) is 8.09. The highest BCUT2D eigenvalue weighted by atomic mass is 16.5. The molecular weight excluding hydrogens is 222 g/mol. The Labute approximate surface area is 102 Å². The van der Waals surface area contributed by atoms with E-state index in [1.807, 2.05) is 19.0 Å². The maximum Gasteiger partial charge on any atom is 0.309 e. The third-order valence-corrected chi connectivity index (χ3v) is 2.57. The number of carbonyl (C=O) groups is 2. The Morgan fingerprint density at radius 3 is 2.59 bits per heavy atom. The molecule has 0 aliphatic carbocycles. The van der Waals surface area contributed by atoms with Gasteiger partial charge in [0.15, 0.2) is 0 Å². The number of ether oxygens (including phenoxy) is 1. The first-order valence-corrected chi connectivity index (χ1v) is 5.92. The Morgan fingerprint density at radius 1 is 1.29 bits per heavy atom. The number of nitrogens with one attached hydrogen (secondary N) is 2. The zero-order chi connectivity index (χ0) is 12.7. The molecule has 0 radical (unpaired) electrons. The molecule has 17 heavy (non-hydrogen) atoms. The minimum Gasteiger partial charge on any atom is -0.376 e. The van der Waals surface area contributed by atoms with Gasteiger partial charge in [0.05, 0.1) is 6.10 Å². The molecule has 1 saturated heterocycles. The molecule has 0 aromatic carbocycles. The zero-order valence-corrected chi connectivity index (χ0v) is 10.5. The first-order valence-electron chi connectivity index (χ1n) is 5.92. The van der Waals surface area contributed by atoms with E-state index in [4.69, 9.17) is 4.74 Å². The standard InChI is InChI=1S/C11H21N3O3/c1-14(2)6-5-12-10(15)11(16)13-8-9-4-3-7-17-9/h9H,3-8H2,1-2H3,(H,12,15)(H,13,16)/t9-/m1/s1. The molecule has 1 fully saturated rings. The van der Waals surface area contributed by atoms with Gasteiger partial charge in [-0.15, -0.1) is 0 Å². The number of nitrogens with zero attached hydrogens (tertiary/aromatic N) is 1. The summed E-state index contributed by atoms with van der Waals surface area (Å²) in [6.45, 7) is 2.35. The fourth-order valence-electron chi connectivity index (χ4n) is 1.57. The molecule has 0 aromatic rings. The number of carbonyl (C=O) groups excluding carboxylic acids is 2. The molecule has 2 amide bonds. The van der Waals surface area contributed by atoms with E-state index in [0.717, 1.165) is 19.4 Å². The second kappa shape index (κ2) is 7.24. The molecule has 98 valence electrons. The monoisotopic (exact) mass is 243 g/mol. The van der Waals surface area contributed by atoms with E-state index in [-0.39, 0.29) is 6.10 Å². The second-order valence-electron chi connectivity index (χ2n) is 4.40. The van der Waals surface area contributed by atoms with Gasteiger partial charge in [-0.1, -0.05) is 0 Å². The summed E-state index contributed by atoms with van der Waals surface area (Å²) in [5.74, 6) is -1.16. The van der Waals surface area contributed by atoms with E-state index in [0.29, 0.717) is 19.6 Å². The van der Waals surface area contributed by atoms with E-state index in [9.17, 15) is 9.59 Å². The molecule has 1 heterocycles. The summed E-state index contributed by atoms with van der Waals surface area (Å²) in [6.07, 6.45) is 2.03. The maximum absolute atomic E-state index is 11.4. The highest BCUT2D eigenvalue weighted by molar-refractivity contribution is 6.35. The van der Waals surface area contributed by atoms with E-state index in [1.54, 1.807) is 0 Å². The van der Waals surface area contributed by atoms with Crippen LogP contribution in [0.3, 0.4) is 0 Å². The molecule has 6 nitrogen and oxygen atoms in total. The van der Waals surface area contributed by atoms with Gasteiger partial charge in [-0.2, -0.15) is 0 Å². The Hall–Kier alpha value is -1.14. The largest absolute Gasteiger partial charge is 0.376 e. The van der Waals surface area contributed by atoms with E-state index < -0.39 is 11.8 Å². The average Bonchev–Trinajstić information content (AvgIpc) is 2.78. The molecule has 2 N–H and O–H groups in total. The van der Waals surface area contributed by atoms with Crippen LogP contribution >= 0.6 is 0 Å². The number of hydrogen-bond donors (Lipinski definition) is 2. The lowest BCUT2D eigenvalue weighted by Gasteiger charge is -2.12.